The van der Waals surface area contributed by atoms with Gasteiger partial charge in [-0.2, -0.15) is 0 Å². The zero-order valence-corrected chi connectivity index (χ0v) is 16.6. The van der Waals surface area contributed by atoms with Gasteiger partial charge in [-0.15, -0.1) is 23.5 Å². The number of aliphatic hydroxyl groups excluding tert-OH is 1. The highest BCUT2D eigenvalue weighted by Gasteiger charge is 2.41. The molecule has 4 nitrogen and oxygen atoms in total. The Bertz CT molecular complexity index is 519. The van der Waals surface area contributed by atoms with E-state index in [1.807, 2.05) is 55.6 Å². The van der Waals surface area contributed by atoms with Crippen LogP contribution in [0.3, 0.4) is 0 Å². The van der Waals surface area contributed by atoms with Crippen molar-refractivity contribution in [2.75, 3.05) is 18.1 Å². The summed E-state index contributed by atoms with van der Waals surface area (Å²) in [5, 5.41) is 10.8. The molecule has 0 saturated carbocycles. The molecule has 1 aromatic carbocycles. The van der Waals surface area contributed by atoms with Crippen LogP contribution < -0.4 is 0 Å². The zero-order chi connectivity index (χ0) is 17.7. The van der Waals surface area contributed by atoms with Crippen molar-refractivity contribution in [2.45, 2.75) is 62.0 Å². The molecule has 0 bridgehead atoms. The second-order valence-electron chi connectivity index (χ2n) is 6.99. The summed E-state index contributed by atoms with van der Waals surface area (Å²) in [6.07, 6.45) is 1.13. The SMILES string of the molecule is CC1(C)O[C@H](COCc2ccccc2)C[C@H]([C@H](O)C2SCCCS2)O1. The van der Waals surface area contributed by atoms with Gasteiger partial charge in [0.15, 0.2) is 5.79 Å². The standard InChI is InChI=1S/C19H28O4S2/c1-19(2)22-15(13-21-12-14-7-4-3-5-8-14)11-16(23-19)17(20)18-24-9-6-10-25-18/h3-5,7-8,15-18,20H,6,9-13H2,1-2H3/t15-,16+,17-/m0/s1. The molecule has 2 saturated heterocycles. The van der Waals surface area contributed by atoms with Crippen LogP contribution in [0, 0.1) is 0 Å². The fourth-order valence-corrected chi connectivity index (χ4v) is 6.20. The first kappa shape index (κ1) is 19.5. The normalized spacial score (nSPS) is 28.6. The predicted octanol–water partition coefficient (Wildman–Crippen LogP) is 3.67. The van der Waals surface area contributed by atoms with Crippen LogP contribution in [0.4, 0.5) is 0 Å². The molecule has 3 rings (SSSR count). The minimum Gasteiger partial charge on any atom is -0.388 e. The van der Waals surface area contributed by atoms with E-state index in [0.717, 1.165) is 17.1 Å². The van der Waals surface area contributed by atoms with Crippen LogP contribution >= 0.6 is 23.5 Å². The van der Waals surface area contributed by atoms with Crippen LogP contribution in [0.25, 0.3) is 0 Å². The Labute approximate surface area is 159 Å². The van der Waals surface area contributed by atoms with Gasteiger partial charge in [-0.3, -0.25) is 0 Å². The van der Waals surface area contributed by atoms with Crippen molar-refractivity contribution >= 4 is 23.5 Å². The van der Waals surface area contributed by atoms with Crippen LogP contribution in [-0.2, 0) is 20.8 Å². The topological polar surface area (TPSA) is 47.9 Å². The van der Waals surface area contributed by atoms with Gasteiger partial charge in [-0.05, 0) is 37.3 Å². The van der Waals surface area contributed by atoms with Crippen LogP contribution in [0.15, 0.2) is 30.3 Å². The largest absolute Gasteiger partial charge is 0.388 e. The van der Waals surface area contributed by atoms with Crippen LogP contribution in [0.1, 0.15) is 32.3 Å². The molecule has 3 atom stereocenters. The highest BCUT2D eigenvalue weighted by Crippen LogP contribution is 2.38. The molecule has 25 heavy (non-hydrogen) atoms. The van der Waals surface area contributed by atoms with E-state index < -0.39 is 11.9 Å². The van der Waals surface area contributed by atoms with Crippen molar-refractivity contribution in [2.24, 2.45) is 0 Å². The third-order valence-corrected chi connectivity index (χ3v) is 7.39. The average molecular weight is 385 g/mol. The lowest BCUT2D eigenvalue weighted by Crippen LogP contribution is -2.52. The zero-order valence-electron chi connectivity index (χ0n) is 14.9. The lowest BCUT2D eigenvalue weighted by atomic mass is 10.0. The molecule has 0 unspecified atom stereocenters. The second kappa shape index (κ2) is 9.11. The quantitative estimate of drug-likeness (QED) is 0.808. The predicted molar refractivity (Wildman–Crippen MR) is 104 cm³/mol. The summed E-state index contributed by atoms with van der Waals surface area (Å²) in [6.45, 7) is 4.91. The summed E-state index contributed by atoms with van der Waals surface area (Å²) in [7, 11) is 0. The Morgan fingerprint density at radius 1 is 1.20 bits per heavy atom. The molecule has 6 heteroatoms. The molecule has 2 aliphatic heterocycles. The van der Waals surface area contributed by atoms with Crippen molar-refractivity contribution in [3.05, 3.63) is 35.9 Å². The van der Waals surface area contributed by atoms with Gasteiger partial charge in [0.2, 0.25) is 0 Å². The highest BCUT2D eigenvalue weighted by atomic mass is 32.2. The number of ether oxygens (including phenoxy) is 3. The van der Waals surface area contributed by atoms with E-state index in [1.54, 1.807) is 0 Å². The number of hydrogen-bond donors (Lipinski definition) is 1. The molecule has 0 spiro atoms. The van der Waals surface area contributed by atoms with E-state index in [4.69, 9.17) is 14.2 Å². The molecule has 140 valence electrons. The summed E-state index contributed by atoms with van der Waals surface area (Å²) >= 11 is 3.68. The van der Waals surface area contributed by atoms with Crippen molar-refractivity contribution in [1.82, 2.24) is 0 Å². The van der Waals surface area contributed by atoms with E-state index in [0.29, 0.717) is 19.6 Å². The molecule has 1 N–H and O–H groups in total. The first-order valence-corrected chi connectivity index (χ1v) is 11.0. The molecule has 0 aliphatic carbocycles. The maximum absolute atomic E-state index is 10.8. The van der Waals surface area contributed by atoms with Gasteiger partial charge in [0, 0.05) is 6.42 Å². The van der Waals surface area contributed by atoms with E-state index in [-0.39, 0.29) is 16.8 Å². The Balaban J connectivity index is 1.53. The summed E-state index contributed by atoms with van der Waals surface area (Å²) < 4.78 is 18.1. The maximum atomic E-state index is 10.8. The summed E-state index contributed by atoms with van der Waals surface area (Å²) in [4.78, 5) is 0. The minimum atomic E-state index is -0.700. The minimum absolute atomic E-state index is 0.0642. The number of thioether (sulfide) groups is 2. The Hall–Kier alpha value is -0.240. The molecule has 0 aromatic heterocycles. The van der Waals surface area contributed by atoms with Crippen molar-refractivity contribution in [3.63, 3.8) is 0 Å². The van der Waals surface area contributed by atoms with Gasteiger partial charge in [-0.1, -0.05) is 30.3 Å². The Morgan fingerprint density at radius 3 is 2.64 bits per heavy atom. The number of rotatable bonds is 6. The van der Waals surface area contributed by atoms with E-state index in [2.05, 4.69) is 12.1 Å². The third-order valence-electron chi connectivity index (χ3n) is 4.31. The van der Waals surface area contributed by atoms with Gasteiger partial charge in [0.05, 0.1) is 30.0 Å². The molecular weight excluding hydrogens is 356 g/mol. The Kier molecular flexibility index (Phi) is 7.11. The summed E-state index contributed by atoms with van der Waals surface area (Å²) in [5.74, 6) is 1.53. The number of benzene rings is 1. The maximum Gasteiger partial charge on any atom is 0.163 e. The monoisotopic (exact) mass is 384 g/mol. The fourth-order valence-electron chi connectivity index (χ4n) is 3.22. The molecule has 0 amide bonds. The van der Waals surface area contributed by atoms with Crippen LogP contribution in [0.5, 0.6) is 0 Å². The molecule has 0 radical (unpaired) electrons. The fraction of sp³-hybridized carbons (Fsp3) is 0.684. The van der Waals surface area contributed by atoms with Crippen molar-refractivity contribution in [1.29, 1.82) is 0 Å². The van der Waals surface area contributed by atoms with Gasteiger partial charge in [0.25, 0.3) is 0 Å². The first-order valence-electron chi connectivity index (χ1n) is 8.92. The molecule has 2 fully saturated rings. The Morgan fingerprint density at radius 2 is 1.92 bits per heavy atom. The van der Waals surface area contributed by atoms with E-state index in [9.17, 15) is 5.11 Å². The van der Waals surface area contributed by atoms with Crippen molar-refractivity contribution < 1.29 is 19.3 Å². The smallest absolute Gasteiger partial charge is 0.163 e. The highest BCUT2D eigenvalue weighted by molar-refractivity contribution is 8.17. The van der Waals surface area contributed by atoms with E-state index >= 15 is 0 Å². The number of hydrogen-bond acceptors (Lipinski definition) is 6. The average Bonchev–Trinajstić information content (AvgIpc) is 2.61. The van der Waals surface area contributed by atoms with Crippen LogP contribution in [-0.4, -0.2) is 51.9 Å². The number of aliphatic hydroxyl groups is 1. The summed E-state index contributed by atoms with van der Waals surface area (Å²) in [5.41, 5.74) is 1.15. The van der Waals surface area contributed by atoms with Gasteiger partial charge in [-0.25, -0.2) is 0 Å². The van der Waals surface area contributed by atoms with Gasteiger partial charge in [0.1, 0.15) is 6.10 Å². The lowest BCUT2D eigenvalue weighted by Gasteiger charge is -2.43. The third kappa shape index (κ3) is 5.88. The molecule has 2 aliphatic rings. The second-order valence-corrected chi connectivity index (χ2v) is 9.78. The van der Waals surface area contributed by atoms with Gasteiger partial charge >= 0.3 is 0 Å². The van der Waals surface area contributed by atoms with Gasteiger partial charge < -0.3 is 19.3 Å². The molecular formula is C19H28O4S2. The summed E-state index contributed by atoms with van der Waals surface area (Å²) in [6, 6.07) is 10.1. The molecule has 2 heterocycles. The molecule has 1 aromatic rings. The first-order chi connectivity index (χ1) is 12.0. The van der Waals surface area contributed by atoms with Crippen molar-refractivity contribution in [3.8, 4) is 0 Å². The van der Waals surface area contributed by atoms with E-state index in [1.165, 1.54) is 6.42 Å². The van der Waals surface area contributed by atoms with Crippen LogP contribution in [0.2, 0.25) is 0 Å². The lowest BCUT2D eigenvalue weighted by molar-refractivity contribution is -0.317.